The summed E-state index contributed by atoms with van der Waals surface area (Å²) < 4.78 is 14.4. The van der Waals surface area contributed by atoms with Crippen molar-refractivity contribution in [3.63, 3.8) is 0 Å². The third-order valence-electron chi connectivity index (χ3n) is 6.81. The average molecular weight is 442 g/mol. The Morgan fingerprint density at radius 3 is 2.58 bits per heavy atom. The van der Waals surface area contributed by atoms with Gasteiger partial charge in [0, 0.05) is 28.9 Å². The summed E-state index contributed by atoms with van der Waals surface area (Å²) in [7, 11) is 0. The second-order valence-corrected chi connectivity index (χ2v) is 9.65. The van der Waals surface area contributed by atoms with Gasteiger partial charge in [-0.15, -0.1) is 0 Å². The minimum Gasteiger partial charge on any atom is -0.384 e. The zero-order chi connectivity index (χ0) is 23.7. The summed E-state index contributed by atoms with van der Waals surface area (Å²) in [6.07, 6.45) is 0.660. The van der Waals surface area contributed by atoms with E-state index in [0.29, 0.717) is 17.8 Å². The lowest BCUT2D eigenvalue weighted by Gasteiger charge is -2.47. The second kappa shape index (κ2) is 6.79. The largest absolute Gasteiger partial charge is 0.384 e. The first kappa shape index (κ1) is 21.0. The SMILES string of the molecule is Cc1ccccc1N1C(N)=C(C#N)C2(C(=O)Nc3ccc(F)cc32)C2=C1CC(C)(C)CC2=O. The lowest BCUT2D eigenvalue weighted by Crippen LogP contribution is -2.52. The molecule has 0 saturated carbocycles. The number of amides is 1. The van der Waals surface area contributed by atoms with Gasteiger partial charge in [-0.2, -0.15) is 5.26 Å². The van der Waals surface area contributed by atoms with Crippen molar-refractivity contribution in [2.24, 2.45) is 11.1 Å². The Bertz CT molecular complexity index is 1360. The molecule has 2 heterocycles. The highest BCUT2D eigenvalue weighted by atomic mass is 19.1. The molecule has 166 valence electrons. The average Bonchev–Trinajstić information content (AvgIpc) is 3.00. The summed E-state index contributed by atoms with van der Waals surface area (Å²) in [5.41, 5.74) is 7.45. The molecular weight excluding hydrogens is 419 g/mol. The van der Waals surface area contributed by atoms with Gasteiger partial charge in [0.2, 0.25) is 5.91 Å². The molecule has 7 heteroatoms. The first-order valence-corrected chi connectivity index (χ1v) is 10.8. The van der Waals surface area contributed by atoms with Crippen LogP contribution < -0.4 is 16.0 Å². The van der Waals surface area contributed by atoms with Crippen LogP contribution in [-0.2, 0) is 15.0 Å². The van der Waals surface area contributed by atoms with E-state index < -0.39 is 17.1 Å². The molecule has 2 aromatic carbocycles. The van der Waals surface area contributed by atoms with E-state index in [-0.39, 0.29) is 40.1 Å². The maximum absolute atomic E-state index is 14.4. The number of benzene rings is 2. The van der Waals surface area contributed by atoms with E-state index in [9.17, 15) is 19.2 Å². The van der Waals surface area contributed by atoms with E-state index in [1.165, 1.54) is 18.2 Å². The molecule has 0 saturated heterocycles. The number of hydrogen-bond acceptors (Lipinski definition) is 5. The minimum atomic E-state index is -1.78. The van der Waals surface area contributed by atoms with Gasteiger partial charge in [0.15, 0.2) is 5.78 Å². The fourth-order valence-corrected chi connectivity index (χ4v) is 5.48. The number of hydrogen-bond donors (Lipinski definition) is 2. The maximum atomic E-state index is 14.4. The monoisotopic (exact) mass is 442 g/mol. The summed E-state index contributed by atoms with van der Waals surface area (Å²) in [5.74, 6) is -1.30. The number of allylic oxidation sites excluding steroid dienone is 1. The smallest absolute Gasteiger partial charge is 0.245 e. The van der Waals surface area contributed by atoms with Crippen molar-refractivity contribution in [2.45, 2.75) is 39.0 Å². The van der Waals surface area contributed by atoms with Crippen molar-refractivity contribution in [3.8, 4) is 6.07 Å². The molecule has 1 amide bonds. The molecule has 0 radical (unpaired) electrons. The first-order valence-electron chi connectivity index (χ1n) is 10.8. The lowest BCUT2D eigenvalue weighted by molar-refractivity contribution is -0.123. The Kier molecular flexibility index (Phi) is 4.31. The van der Waals surface area contributed by atoms with Crippen LogP contribution in [0.25, 0.3) is 0 Å². The summed E-state index contributed by atoms with van der Waals surface area (Å²) in [5, 5.41) is 13.0. The van der Waals surface area contributed by atoms with Gasteiger partial charge >= 0.3 is 0 Å². The molecule has 2 aliphatic heterocycles. The Hall–Kier alpha value is -3.92. The number of Topliss-reactive ketones (excluding diaryl/α,β-unsaturated/α-hetero) is 1. The van der Waals surface area contributed by atoms with Crippen molar-refractivity contribution in [3.05, 3.63) is 82.1 Å². The molecule has 5 rings (SSSR count). The van der Waals surface area contributed by atoms with Gasteiger partial charge in [-0.25, -0.2) is 4.39 Å². The Morgan fingerprint density at radius 1 is 1.15 bits per heavy atom. The van der Waals surface area contributed by atoms with Crippen LogP contribution in [0.5, 0.6) is 0 Å². The number of carbonyl (C=O) groups is 2. The highest BCUT2D eigenvalue weighted by Crippen LogP contribution is 2.57. The third-order valence-corrected chi connectivity index (χ3v) is 6.81. The molecule has 33 heavy (non-hydrogen) atoms. The van der Waals surface area contributed by atoms with Gasteiger partial charge in [0.25, 0.3) is 0 Å². The summed E-state index contributed by atoms with van der Waals surface area (Å²) in [6.45, 7) is 5.89. The fourth-order valence-electron chi connectivity index (χ4n) is 5.48. The van der Waals surface area contributed by atoms with E-state index in [0.717, 1.165) is 11.3 Å². The molecule has 0 aromatic heterocycles. The molecule has 3 aliphatic rings. The molecule has 2 aromatic rings. The predicted octanol–water partition coefficient (Wildman–Crippen LogP) is 4.18. The van der Waals surface area contributed by atoms with Crippen molar-refractivity contribution in [2.75, 3.05) is 10.2 Å². The van der Waals surface area contributed by atoms with Crippen LogP contribution in [0.2, 0.25) is 0 Å². The number of nitrogens with one attached hydrogen (secondary N) is 1. The zero-order valence-electron chi connectivity index (χ0n) is 18.6. The number of anilines is 2. The molecule has 0 bridgehead atoms. The van der Waals surface area contributed by atoms with E-state index in [1.54, 1.807) is 4.90 Å². The molecular formula is C26H23FN4O2. The Balaban J connectivity index is 1.93. The Labute approximate surface area is 191 Å². The number of carbonyl (C=O) groups excluding carboxylic acids is 2. The van der Waals surface area contributed by atoms with Crippen LogP contribution in [0.4, 0.5) is 15.8 Å². The van der Waals surface area contributed by atoms with Crippen LogP contribution in [0.3, 0.4) is 0 Å². The van der Waals surface area contributed by atoms with Crippen LogP contribution in [0, 0.1) is 29.5 Å². The number of rotatable bonds is 1. The standard InChI is InChI=1S/C26H23FN4O2/c1-14-6-4-5-7-19(14)31-20-11-25(2,3)12-21(32)22(20)26(17(13-28)23(31)29)16-10-15(27)8-9-18(16)30-24(26)33/h4-10H,11-12,29H2,1-3H3,(H,30,33). The molecule has 1 atom stereocenters. The molecule has 0 fully saturated rings. The topological polar surface area (TPSA) is 99.2 Å². The number of aryl methyl sites for hydroxylation is 1. The van der Waals surface area contributed by atoms with Crippen LogP contribution in [0.15, 0.2) is 65.1 Å². The van der Waals surface area contributed by atoms with Crippen LogP contribution in [-0.4, -0.2) is 11.7 Å². The van der Waals surface area contributed by atoms with Crippen molar-refractivity contribution >= 4 is 23.1 Å². The number of nitrogens with two attached hydrogens (primary N) is 1. The predicted molar refractivity (Wildman–Crippen MR) is 122 cm³/mol. The number of halogens is 1. The quantitative estimate of drug-likeness (QED) is 0.690. The number of nitrogens with zero attached hydrogens (tertiary/aromatic N) is 2. The zero-order valence-corrected chi connectivity index (χ0v) is 18.6. The first-order chi connectivity index (χ1) is 15.6. The van der Waals surface area contributed by atoms with E-state index >= 15 is 0 Å². The number of para-hydroxylation sites is 1. The molecule has 3 N–H and O–H groups in total. The van der Waals surface area contributed by atoms with Crippen LogP contribution in [0.1, 0.15) is 37.8 Å². The van der Waals surface area contributed by atoms with Crippen LogP contribution >= 0.6 is 0 Å². The number of ketones is 1. The minimum absolute atomic E-state index is 0.0700. The molecule has 1 unspecified atom stereocenters. The third kappa shape index (κ3) is 2.70. The fraction of sp³-hybridized carbons (Fsp3) is 0.269. The summed E-state index contributed by atoms with van der Waals surface area (Å²) >= 11 is 0. The molecule has 1 aliphatic carbocycles. The normalized spacial score (nSPS) is 23.4. The molecule has 1 spiro atoms. The number of nitriles is 1. The van der Waals surface area contributed by atoms with Crippen molar-refractivity contribution < 1.29 is 14.0 Å². The molecule has 6 nitrogen and oxygen atoms in total. The maximum Gasteiger partial charge on any atom is 0.245 e. The van der Waals surface area contributed by atoms with E-state index in [2.05, 4.69) is 11.4 Å². The highest BCUT2D eigenvalue weighted by Gasteiger charge is 2.61. The summed E-state index contributed by atoms with van der Waals surface area (Å²) in [6, 6.07) is 13.6. The van der Waals surface area contributed by atoms with Gasteiger partial charge in [-0.05, 0) is 48.6 Å². The van der Waals surface area contributed by atoms with Crippen molar-refractivity contribution in [1.29, 1.82) is 5.26 Å². The van der Waals surface area contributed by atoms with Gasteiger partial charge in [0.05, 0.1) is 11.3 Å². The van der Waals surface area contributed by atoms with Gasteiger partial charge < -0.3 is 11.1 Å². The lowest BCUT2D eigenvalue weighted by atomic mass is 9.60. The van der Waals surface area contributed by atoms with Crippen molar-refractivity contribution in [1.82, 2.24) is 0 Å². The van der Waals surface area contributed by atoms with E-state index in [1.807, 2.05) is 45.0 Å². The van der Waals surface area contributed by atoms with E-state index in [4.69, 9.17) is 5.73 Å². The summed E-state index contributed by atoms with van der Waals surface area (Å²) in [4.78, 5) is 29.1. The van der Waals surface area contributed by atoms with Gasteiger partial charge in [-0.1, -0.05) is 32.0 Å². The number of fused-ring (bicyclic) bond motifs is 3. The second-order valence-electron chi connectivity index (χ2n) is 9.65. The van der Waals surface area contributed by atoms with Gasteiger partial charge in [-0.3, -0.25) is 14.5 Å². The Morgan fingerprint density at radius 2 is 1.88 bits per heavy atom. The van der Waals surface area contributed by atoms with Gasteiger partial charge in [0.1, 0.15) is 23.1 Å². The highest BCUT2D eigenvalue weighted by molar-refractivity contribution is 6.20.